The lowest BCUT2D eigenvalue weighted by Gasteiger charge is -2.32. The third-order valence-corrected chi connectivity index (χ3v) is 7.41. The van der Waals surface area contributed by atoms with Gasteiger partial charge < -0.3 is 10.2 Å². The van der Waals surface area contributed by atoms with Crippen LogP contribution in [-0.4, -0.2) is 34.8 Å². The molecule has 0 unspecified atom stereocenters. The molecule has 4 atom stereocenters. The van der Waals surface area contributed by atoms with Gasteiger partial charge in [-0.05, 0) is 61.0 Å². The van der Waals surface area contributed by atoms with Crippen LogP contribution in [0.15, 0.2) is 36.0 Å². The lowest BCUT2D eigenvalue weighted by atomic mass is 9.73. The van der Waals surface area contributed by atoms with Crippen molar-refractivity contribution in [1.82, 2.24) is 0 Å². The Bertz CT molecular complexity index is 824. The standard InChI is InChI=1S/C25H32F6O2/c1-16-17(14-20(32)15-21(16)33)8-5-6-9-18-11-12-19(22(18,2)3)10-7-13-23(4,24(26,27)28)25(29,30)31/h5-6,8,18-21,32-33H,1,9-12,14-15H2,2-4H3/b6-5+,17-8-/t18-,19+,20-,21+/m1/s1. The second kappa shape index (κ2) is 9.87. The molecule has 2 fully saturated rings. The van der Waals surface area contributed by atoms with Crippen LogP contribution in [0.1, 0.15) is 59.3 Å². The number of hydrogen-bond acceptors (Lipinski definition) is 2. The monoisotopic (exact) mass is 478 g/mol. The quantitative estimate of drug-likeness (QED) is 0.357. The lowest BCUT2D eigenvalue weighted by molar-refractivity contribution is -0.310. The summed E-state index contributed by atoms with van der Waals surface area (Å²) in [6.07, 6.45) is -3.91. The van der Waals surface area contributed by atoms with Crippen molar-refractivity contribution in [2.24, 2.45) is 22.7 Å². The predicted octanol–water partition coefficient (Wildman–Crippen LogP) is 6.51. The molecule has 0 amide bonds. The van der Waals surface area contributed by atoms with E-state index in [1.165, 1.54) is 5.92 Å². The van der Waals surface area contributed by atoms with Crippen molar-refractivity contribution in [3.63, 3.8) is 0 Å². The van der Waals surface area contributed by atoms with E-state index in [2.05, 4.69) is 12.5 Å². The Hall–Kier alpha value is -1.72. The molecule has 0 aliphatic heterocycles. The van der Waals surface area contributed by atoms with Crippen LogP contribution in [0.5, 0.6) is 0 Å². The van der Waals surface area contributed by atoms with E-state index in [0.29, 0.717) is 24.8 Å². The van der Waals surface area contributed by atoms with Gasteiger partial charge in [-0.3, -0.25) is 0 Å². The zero-order chi connectivity index (χ0) is 25.2. The Balaban J connectivity index is 2.02. The minimum atomic E-state index is -5.50. The van der Waals surface area contributed by atoms with E-state index in [1.807, 2.05) is 32.1 Å². The SMILES string of the molecule is C=C1/C(=C\C=C\C[C@@H]2CC[C@H](CC#CC(C)(C(F)(F)F)C(F)(F)F)C2(C)C)C[C@@H](O)C[C@@H]1O. The van der Waals surface area contributed by atoms with E-state index >= 15 is 0 Å². The molecule has 2 nitrogen and oxygen atoms in total. The highest BCUT2D eigenvalue weighted by atomic mass is 19.4. The largest absolute Gasteiger partial charge is 0.413 e. The van der Waals surface area contributed by atoms with Crippen molar-refractivity contribution in [2.75, 3.05) is 0 Å². The van der Waals surface area contributed by atoms with Gasteiger partial charge in [-0.1, -0.05) is 44.6 Å². The van der Waals surface area contributed by atoms with E-state index in [9.17, 15) is 36.6 Å². The van der Waals surface area contributed by atoms with Crippen LogP contribution in [0, 0.1) is 34.5 Å². The molecule has 33 heavy (non-hydrogen) atoms. The van der Waals surface area contributed by atoms with Gasteiger partial charge >= 0.3 is 12.4 Å². The normalized spacial score (nSPS) is 30.0. The summed E-state index contributed by atoms with van der Waals surface area (Å²) in [4.78, 5) is 0. The highest BCUT2D eigenvalue weighted by Crippen LogP contribution is 2.52. The van der Waals surface area contributed by atoms with Gasteiger partial charge in [0.1, 0.15) is 0 Å². The maximum Gasteiger partial charge on any atom is 0.413 e. The van der Waals surface area contributed by atoms with Gasteiger partial charge in [-0.25, -0.2) is 0 Å². The summed E-state index contributed by atoms with van der Waals surface area (Å²) in [5.41, 5.74) is -2.95. The van der Waals surface area contributed by atoms with E-state index in [1.54, 1.807) is 0 Å². The minimum absolute atomic E-state index is 0.0192. The molecular formula is C25H32F6O2. The molecule has 0 aromatic rings. The average Bonchev–Trinajstić information content (AvgIpc) is 2.94. The molecule has 2 rings (SSSR count). The Morgan fingerprint density at radius 1 is 1.06 bits per heavy atom. The number of alkyl halides is 6. The van der Waals surface area contributed by atoms with Gasteiger partial charge in [-0.2, -0.15) is 26.3 Å². The number of hydrogen-bond donors (Lipinski definition) is 2. The van der Waals surface area contributed by atoms with Crippen molar-refractivity contribution < 1.29 is 36.6 Å². The zero-order valence-electron chi connectivity index (χ0n) is 19.2. The third kappa shape index (κ3) is 6.05. The number of allylic oxidation sites excluding steroid dienone is 3. The Labute approximate surface area is 191 Å². The van der Waals surface area contributed by atoms with Crippen LogP contribution < -0.4 is 0 Å². The molecule has 2 aliphatic carbocycles. The number of rotatable bonds is 4. The van der Waals surface area contributed by atoms with Crippen molar-refractivity contribution in [3.8, 4) is 11.8 Å². The molecule has 186 valence electrons. The highest BCUT2D eigenvalue weighted by Gasteiger charge is 2.67. The number of halogens is 6. The zero-order valence-corrected chi connectivity index (χ0v) is 19.2. The molecule has 2 N–H and O–H groups in total. The first kappa shape index (κ1) is 27.5. The Kier molecular flexibility index (Phi) is 8.23. The molecular weight excluding hydrogens is 446 g/mol. The van der Waals surface area contributed by atoms with Gasteiger partial charge in [0.25, 0.3) is 0 Å². The van der Waals surface area contributed by atoms with Gasteiger partial charge in [0.2, 0.25) is 5.41 Å². The van der Waals surface area contributed by atoms with Crippen LogP contribution in [-0.2, 0) is 0 Å². The maximum absolute atomic E-state index is 13.0. The first-order chi connectivity index (χ1) is 15.0. The van der Waals surface area contributed by atoms with E-state index in [-0.39, 0.29) is 37.0 Å². The van der Waals surface area contributed by atoms with Gasteiger partial charge in [-0.15, -0.1) is 5.92 Å². The van der Waals surface area contributed by atoms with Gasteiger partial charge in [0.15, 0.2) is 0 Å². The van der Waals surface area contributed by atoms with Crippen LogP contribution in [0.2, 0.25) is 0 Å². The van der Waals surface area contributed by atoms with Crippen molar-refractivity contribution >= 4 is 0 Å². The summed E-state index contributed by atoms with van der Waals surface area (Å²) >= 11 is 0. The maximum atomic E-state index is 13.0. The van der Waals surface area contributed by atoms with Crippen molar-refractivity contribution in [1.29, 1.82) is 0 Å². The van der Waals surface area contributed by atoms with Crippen molar-refractivity contribution in [2.45, 2.75) is 83.9 Å². The molecule has 0 aromatic heterocycles. The summed E-state index contributed by atoms with van der Waals surface area (Å²) < 4.78 is 78.1. The van der Waals surface area contributed by atoms with Crippen LogP contribution >= 0.6 is 0 Å². The topological polar surface area (TPSA) is 40.5 Å². The molecule has 0 radical (unpaired) electrons. The summed E-state index contributed by atoms with van der Waals surface area (Å²) in [6, 6.07) is 0. The second-order valence-corrected chi connectivity index (χ2v) is 9.91. The van der Waals surface area contributed by atoms with Gasteiger partial charge in [0.05, 0.1) is 12.2 Å². The minimum Gasteiger partial charge on any atom is -0.393 e. The molecule has 0 heterocycles. The second-order valence-electron chi connectivity index (χ2n) is 9.91. The first-order valence-electron chi connectivity index (χ1n) is 11.0. The van der Waals surface area contributed by atoms with E-state index in [0.717, 1.165) is 12.0 Å². The van der Waals surface area contributed by atoms with Crippen LogP contribution in [0.3, 0.4) is 0 Å². The molecule has 2 saturated carbocycles. The lowest BCUT2D eigenvalue weighted by Crippen LogP contribution is -2.46. The first-order valence-corrected chi connectivity index (χ1v) is 11.0. The van der Waals surface area contributed by atoms with E-state index in [4.69, 9.17) is 0 Å². The Morgan fingerprint density at radius 3 is 2.21 bits per heavy atom. The number of aliphatic hydroxyl groups excluding tert-OH is 2. The molecule has 8 heteroatoms. The van der Waals surface area contributed by atoms with Gasteiger partial charge in [0, 0.05) is 12.8 Å². The molecule has 0 spiro atoms. The smallest absolute Gasteiger partial charge is 0.393 e. The molecule has 0 saturated heterocycles. The fourth-order valence-electron chi connectivity index (χ4n) is 4.60. The summed E-state index contributed by atoms with van der Waals surface area (Å²) in [7, 11) is 0. The van der Waals surface area contributed by atoms with E-state index < -0.39 is 30.0 Å². The summed E-state index contributed by atoms with van der Waals surface area (Å²) in [5, 5.41) is 19.7. The highest BCUT2D eigenvalue weighted by molar-refractivity contribution is 5.37. The Morgan fingerprint density at radius 2 is 1.64 bits per heavy atom. The summed E-state index contributed by atoms with van der Waals surface area (Å²) in [6.45, 7) is 7.90. The fraction of sp³-hybridized carbons (Fsp3) is 0.680. The average molecular weight is 479 g/mol. The molecule has 0 aromatic carbocycles. The molecule has 2 aliphatic rings. The number of aliphatic hydroxyl groups is 2. The molecule has 0 bridgehead atoms. The van der Waals surface area contributed by atoms with Crippen LogP contribution in [0.25, 0.3) is 0 Å². The third-order valence-electron chi connectivity index (χ3n) is 7.41. The van der Waals surface area contributed by atoms with Crippen LogP contribution in [0.4, 0.5) is 26.3 Å². The predicted molar refractivity (Wildman–Crippen MR) is 115 cm³/mol. The summed E-state index contributed by atoms with van der Waals surface area (Å²) in [5.74, 6) is 3.80. The fourth-order valence-corrected chi connectivity index (χ4v) is 4.60. The van der Waals surface area contributed by atoms with Crippen molar-refractivity contribution in [3.05, 3.63) is 36.0 Å².